The highest BCUT2D eigenvalue weighted by Gasteiger charge is 2.07. The van der Waals surface area contributed by atoms with E-state index in [0.29, 0.717) is 11.9 Å². The van der Waals surface area contributed by atoms with E-state index in [9.17, 15) is 0 Å². The molecule has 0 spiro atoms. The molecule has 0 aliphatic heterocycles. The number of ether oxygens (including phenoxy) is 1. The number of halogens is 2. The van der Waals surface area contributed by atoms with Crippen LogP contribution in [0.2, 0.25) is 0 Å². The molecule has 0 radical (unpaired) electrons. The highest BCUT2D eigenvalue weighted by molar-refractivity contribution is 9.10. The van der Waals surface area contributed by atoms with Gasteiger partial charge in [-0.1, -0.05) is 22.9 Å². The molecule has 0 heterocycles. The van der Waals surface area contributed by atoms with E-state index in [1.807, 2.05) is 12.1 Å². The summed E-state index contributed by atoms with van der Waals surface area (Å²) in [5, 5.41) is 3.40. The Morgan fingerprint density at radius 3 is 2.81 bits per heavy atom. The molecule has 1 N–H and O–H groups in total. The number of alkyl halides is 1. The highest BCUT2D eigenvalue weighted by atomic mass is 79.9. The second-order valence-electron chi connectivity index (χ2n) is 3.60. The standard InChI is InChI=1S/C12H17BrClNO/c1-3-11(7-14)15-8-9-6-10(13)4-5-12(9)16-2/h4-6,11,15H,3,7-8H2,1-2H3. The molecule has 1 unspecified atom stereocenters. The van der Waals surface area contributed by atoms with E-state index < -0.39 is 0 Å². The van der Waals surface area contributed by atoms with Crippen molar-refractivity contribution in [2.24, 2.45) is 0 Å². The average molecular weight is 307 g/mol. The van der Waals surface area contributed by atoms with E-state index in [1.54, 1.807) is 7.11 Å². The van der Waals surface area contributed by atoms with Gasteiger partial charge in [-0.15, -0.1) is 11.6 Å². The van der Waals surface area contributed by atoms with Crippen molar-refractivity contribution >= 4 is 27.5 Å². The molecule has 1 aromatic carbocycles. The summed E-state index contributed by atoms with van der Waals surface area (Å²) in [5.74, 6) is 1.53. The van der Waals surface area contributed by atoms with Crippen LogP contribution < -0.4 is 10.1 Å². The van der Waals surface area contributed by atoms with E-state index in [2.05, 4.69) is 34.2 Å². The summed E-state index contributed by atoms with van der Waals surface area (Å²) in [7, 11) is 1.69. The zero-order chi connectivity index (χ0) is 12.0. The lowest BCUT2D eigenvalue weighted by Crippen LogP contribution is -2.29. The third-order valence-electron chi connectivity index (χ3n) is 2.50. The van der Waals surface area contributed by atoms with Gasteiger partial charge in [0.05, 0.1) is 7.11 Å². The van der Waals surface area contributed by atoms with E-state index >= 15 is 0 Å². The Kier molecular flexibility index (Phi) is 6.17. The molecular weight excluding hydrogens is 289 g/mol. The van der Waals surface area contributed by atoms with Crippen molar-refractivity contribution in [2.45, 2.75) is 25.9 Å². The first-order valence-corrected chi connectivity index (χ1v) is 6.65. The van der Waals surface area contributed by atoms with Crippen LogP contribution in [0.3, 0.4) is 0 Å². The Labute approximate surface area is 110 Å². The van der Waals surface area contributed by atoms with Crippen LogP contribution in [0, 0.1) is 0 Å². The Bertz CT molecular complexity index is 329. The summed E-state index contributed by atoms with van der Waals surface area (Å²) in [6.45, 7) is 2.89. The van der Waals surface area contributed by atoms with E-state index in [4.69, 9.17) is 16.3 Å². The number of methoxy groups -OCH3 is 1. The molecule has 0 saturated carbocycles. The Balaban J connectivity index is 2.68. The van der Waals surface area contributed by atoms with Crippen LogP contribution in [0.4, 0.5) is 0 Å². The summed E-state index contributed by atoms with van der Waals surface area (Å²) in [5.41, 5.74) is 1.14. The number of benzene rings is 1. The van der Waals surface area contributed by atoms with Crippen LogP contribution in [0.5, 0.6) is 5.75 Å². The zero-order valence-corrected chi connectivity index (χ0v) is 11.9. The molecule has 0 aliphatic carbocycles. The van der Waals surface area contributed by atoms with Gasteiger partial charge in [0.1, 0.15) is 5.75 Å². The lowest BCUT2D eigenvalue weighted by molar-refractivity contribution is 0.405. The van der Waals surface area contributed by atoms with Gasteiger partial charge in [-0.25, -0.2) is 0 Å². The van der Waals surface area contributed by atoms with Crippen LogP contribution in [-0.4, -0.2) is 19.0 Å². The number of hydrogen-bond acceptors (Lipinski definition) is 2. The molecule has 0 amide bonds. The van der Waals surface area contributed by atoms with Crippen molar-refractivity contribution < 1.29 is 4.74 Å². The van der Waals surface area contributed by atoms with Crippen LogP contribution in [-0.2, 0) is 6.54 Å². The van der Waals surface area contributed by atoms with Crippen molar-refractivity contribution in [1.82, 2.24) is 5.32 Å². The van der Waals surface area contributed by atoms with Crippen LogP contribution >= 0.6 is 27.5 Å². The first-order chi connectivity index (χ1) is 7.71. The second-order valence-corrected chi connectivity index (χ2v) is 4.82. The molecule has 2 nitrogen and oxygen atoms in total. The third kappa shape index (κ3) is 3.96. The maximum Gasteiger partial charge on any atom is 0.123 e. The highest BCUT2D eigenvalue weighted by Crippen LogP contribution is 2.22. The molecular formula is C12H17BrClNO. The fraction of sp³-hybridized carbons (Fsp3) is 0.500. The molecule has 1 aromatic rings. The van der Waals surface area contributed by atoms with Crippen molar-refractivity contribution in [2.75, 3.05) is 13.0 Å². The van der Waals surface area contributed by atoms with Gasteiger partial charge in [-0.2, -0.15) is 0 Å². The maximum atomic E-state index is 5.84. The fourth-order valence-electron chi connectivity index (χ4n) is 1.45. The number of nitrogens with one attached hydrogen (secondary N) is 1. The summed E-state index contributed by atoms with van der Waals surface area (Å²) in [6.07, 6.45) is 1.03. The number of hydrogen-bond donors (Lipinski definition) is 1. The van der Waals surface area contributed by atoms with Gasteiger partial charge in [0.25, 0.3) is 0 Å². The van der Waals surface area contributed by atoms with Gasteiger partial charge in [-0.3, -0.25) is 0 Å². The summed E-state index contributed by atoms with van der Waals surface area (Å²) in [6, 6.07) is 6.35. The quantitative estimate of drug-likeness (QED) is 0.811. The van der Waals surface area contributed by atoms with E-state index in [-0.39, 0.29) is 0 Å². The molecule has 0 bridgehead atoms. The average Bonchev–Trinajstić information content (AvgIpc) is 2.30. The smallest absolute Gasteiger partial charge is 0.123 e. The van der Waals surface area contributed by atoms with Crippen LogP contribution in [0.15, 0.2) is 22.7 Å². The van der Waals surface area contributed by atoms with Crippen molar-refractivity contribution in [3.05, 3.63) is 28.2 Å². The topological polar surface area (TPSA) is 21.3 Å². The summed E-state index contributed by atoms with van der Waals surface area (Å²) in [4.78, 5) is 0. The van der Waals surface area contributed by atoms with Gasteiger partial charge in [0, 0.05) is 28.5 Å². The molecule has 90 valence electrons. The fourth-order valence-corrected chi connectivity index (χ4v) is 2.18. The van der Waals surface area contributed by atoms with Crippen LogP contribution in [0.25, 0.3) is 0 Å². The van der Waals surface area contributed by atoms with Crippen LogP contribution in [0.1, 0.15) is 18.9 Å². The molecule has 1 atom stereocenters. The Morgan fingerprint density at radius 1 is 1.50 bits per heavy atom. The van der Waals surface area contributed by atoms with Crippen molar-refractivity contribution in [3.8, 4) is 5.75 Å². The van der Waals surface area contributed by atoms with Crippen molar-refractivity contribution in [3.63, 3.8) is 0 Å². The minimum Gasteiger partial charge on any atom is -0.496 e. The van der Waals surface area contributed by atoms with Gasteiger partial charge >= 0.3 is 0 Å². The molecule has 16 heavy (non-hydrogen) atoms. The molecule has 0 aliphatic rings. The first-order valence-electron chi connectivity index (χ1n) is 5.33. The zero-order valence-electron chi connectivity index (χ0n) is 9.59. The monoisotopic (exact) mass is 305 g/mol. The van der Waals surface area contributed by atoms with E-state index in [0.717, 1.165) is 28.8 Å². The predicted molar refractivity (Wildman–Crippen MR) is 72.3 cm³/mol. The normalized spacial score (nSPS) is 12.5. The van der Waals surface area contributed by atoms with Gasteiger partial charge in [-0.05, 0) is 24.6 Å². The maximum absolute atomic E-state index is 5.84. The molecule has 4 heteroatoms. The summed E-state index contributed by atoms with van der Waals surface area (Å²) >= 11 is 9.29. The molecule has 0 saturated heterocycles. The predicted octanol–water partition coefficient (Wildman–Crippen LogP) is 3.56. The Morgan fingerprint density at radius 2 is 2.25 bits per heavy atom. The van der Waals surface area contributed by atoms with Crippen molar-refractivity contribution in [1.29, 1.82) is 0 Å². The van der Waals surface area contributed by atoms with E-state index in [1.165, 1.54) is 0 Å². The Hall–Kier alpha value is -0.250. The lowest BCUT2D eigenvalue weighted by Gasteiger charge is -2.15. The summed E-state index contributed by atoms with van der Waals surface area (Å²) < 4.78 is 6.37. The second kappa shape index (κ2) is 7.15. The largest absolute Gasteiger partial charge is 0.496 e. The van der Waals surface area contributed by atoms with Gasteiger partial charge in [0.2, 0.25) is 0 Å². The minimum absolute atomic E-state index is 0.352. The minimum atomic E-state index is 0.352. The molecule has 0 aromatic heterocycles. The third-order valence-corrected chi connectivity index (χ3v) is 3.37. The molecule has 0 fully saturated rings. The molecule has 1 rings (SSSR count). The number of rotatable bonds is 6. The van der Waals surface area contributed by atoms with Gasteiger partial charge in [0.15, 0.2) is 0 Å². The van der Waals surface area contributed by atoms with Gasteiger partial charge < -0.3 is 10.1 Å². The first kappa shape index (κ1) is 13.8. The lowest BCUT2D eigenvalue weighted by atomic mass is 10.2. The SMILES string of the molecule is CCC(CCl)NCc1cc(Br)ccc1OC.